The summed E-state index contributed by atoms with van der Waals surface area (Å²) in [5.41, 5.74) is 4.12. The number of benzene rings is 1. The predicted molar refractivity (Wildman–Crippen MR) is 121 cm³/mol. The van der Waals surface area contributed by atoms with Gasteiger partial charge in [0.2, 0.25) is 0 Å². The highest BCUT2D eigenvalue weighted by molar-refractivity contribution is 6.61. The Balaban J connectivity index is 1.32. The SMILES string of the molecule is CN1CCN(Cc2ccc(C#Cc3ccc(B4OCC(C)(C)CO4)cc3)cn2)CC1. The number of aromatic nitrogens is 1. The maximum atomic E-state index is 5.85. The van der Waals surface area contributed by atoms with E-state index in [1.165, 1.54) is 0 Å². The Labute approximate surface area is 180 Å². The van der Waals surface area contributed by atoms with Gasteiger partial charge >= 0.3 is 7.12 Å². The van der Waals surface area contributed by atoms with E-state index in [1.807, 2.05) is 30.5 Å². The second kappa shape index (κ2) is 9.32. The molecule has 0 aliphatic carbocycles. The topological polar surface area (TPSA) is 37.8 Å². The summed E-state index contributed by atoms with van der Waals surface area (Å²) in [5, 5.41) is 0. The Morgan fingerprint density at radius 1 is 0.933 bits per heavy atom. The zero-order valence-electron chi connectivity index (χ0n) is 18.2. The van der Waals surface area contributed by atoms with Gasteiger partial charge in [-0.2, -0.15) is 0 Å². The molecule has 3 heterocycles. The molecule has 30 heavy (non-hydrogen) atoms. The molecule has 0 bridgehead atoms. The van der Waals surface area contributed by atoms with Crippen molar-refractivity contribution >= 4 is 12.6 Å². The zero-order chi connectivity index (χ0) is 21.0. The van der Waals surface area contributed by atoms with Gasteiger partial charge < -0.3 is 14.2 Å². The Morgan fingerprint density at radius 2 is 1.57 bits per heavy atom. The number of hydrogen-bond acceptors (Lipinski definition) is 5. The molecule has 0 N–H and O–H groups in total. The van der Waals surface area contributed by atoms with Gasteiger partial charge in [0.15, 0.2) is 0 Å². The highest BCUT2D eigenvalue weighted by Crippen LogP contribution is 2.21. The fourth-order valence-electron chi connectivity index (χ4n) is 3.58. The summed E-state index contributed by atoms with van der Waals surface area (Å²) in [7, 11) is 1.89. The van der Waals surface area contributed by atoms with Crippen molar-refractivity contribution in [2.75, 3.05) is 46.4 Å². The van der Waals surface area contributed by atoms with Crippen molar-refractivity contribution < 1.29 is 9.31 Å². The highest BCUT2D eigenvalue weighted by Gasteiger charge is 2.33. The maximum Gasteiger partial charge on any atom is 0.493 e. The third-order valence-electron chi connectivity index (χ3n) is 5.59. The van der Waals surface area contributed by atoms with Crippen LogP contribution in [0.3, 0.4) is 0 Å². The van der Waals surface area contributed by atoms with Gasteiger partial charge in [-0.15, -0.1) is 0 Å². The summed E-state index contributed by atoms with van der Waals surface area (Å²) < 4.78 is 11.7. The number of piperazine rings is 1. The Hall–Kier alpha value is -2.17. The third-order valence-corrected chi connectivity index (χ3v) is 5.59. The molecule has 0 spiro atoms. The summed E-state index contributed by atoms with van der Waals surface area (Å²) >= 11 is 0. The van der Waals surface area contributed by atoms with E-state index in [0.717, 1.165) is 55.0 Å². The number of likely N-dealkylation sites (N-methyl/N-ethyl adjacent to an activating group) is 1. The Kier molecular flexibility index (Phi) is 6.55. The smallest absolute Gasteiger partial charge is 0.407 e. The molecule has 156 valence electrons. The zero-order valence-corrected chi connectivity index (χ0v) is 18.2. The standard InChI is InChI=1S/C24H30BN3O2/c1-24(2)18-29-25(30-19-24)22-9-6-20(7-10-22)4-5-21-8-11-23(26-16-21)17-28-14-12-27(3)13-15-28/h6-11,16H,12-15,17-19H2,1-3H3. The van der Waals surface area contributed by atoms with Crippen molar-refractivity contribution in [3.8, 4) is 11.8 Å². The van der Waals surface area contributed by atoms with E-state index < -0.39 is 0 Å². The summed E-state index contributed by atoms with van der Waals surface area (Å²) in [5.74, 6) is 6.43. The maximum absolute atomic E-state index is 5.85. The minimum Gasteiger partial charge on any atom is -0.407 e. The van der Waals surface area contributed by atoms with Crippen LogP contribution in [-0.4, -0.2) is 68.3 Å². The molecule has 0 amide bonds. The van der Waals surface area contributed by atoms with Crippen LogP contribution in [0.5, 0.6) is 0 Å². The molecule has 0 radical (unpaired) electrons. The lowest BCUT2D eigenvalue weighted by molar-refractivity contribution is 0.0343. The average Bonchev–Trinajstić information content (AvgIpc) is 2.75. The van der Waals surface area contributed by atoms with E-state index in [1.54, 1.807) is 0 Å². The van der Waals surface area contributed by atoms with Crippen LogP contribution in [0.1, 0.15) is 30.7 Å². The first-order valence-electron chi connectivity index (χ1n) is 10.7. The first kappa shape index (κ1) is 21.1. The van der Waals surface area contributed by atoms with Gasteiger partial charge in [-0.1, -0.05) is 37.8 Å². The molecule has 2 aliphatic heterocycles. The molecule has 0 atom stereocenters. The summed E-state index contributed by atoms with van der Waals surface area (Å²) in [4.78, 5) is 9.42. The molecule has 2 fully saturated rings. The van der Waals surface area contributed by atoms with Gasteiger partial charge in [0.25, 0.3) is 0 Å². The molecule has 0 saturated carbocycles. The van der Waals surface area contributed by atoms with Crippen molar-refractivity contribution in [1.29, 1.82) is 0 Å². The first-order chi connectivity index (χ1) is 14.5. The molecule has 4 rings (SSSR count). The lowest BCUT2D eigenvalue weighted by Gasteiger charge is -2.33. The van der Waals surface area contributed by atoms with Gasteiger partial charge in [0.05, 0.1) is 5.69 Å². The molecule has 1 aromatic carbocycles. The summed E-state index contributed by atoms with van der Waals surface area (Å²) in [6, 6.07) is 12.2. The van der Waals surface area contributed by atoms with Crippen LogP contribution in [0.2, 0.25) is 0 Å². The molecule has 2 saturated heterocycles. The quantitative estimate of drug-likeness (QED) is 0.579. The highest BCUT2D eigenvalue weighted by atomic mass is 16.6. The Morgan fingerprint density at radius 3 is 2.20 bits per heavy atom. The molecule has 5 nitrogen and oxygen atoms in total. The minimum absolute atomic E-state index is 0.0794. The second-order valence-corrected chi connectivity index (χ2v) is 9.11. The molecule has 0 unspecified atom stereocenters. The number of nitrogens with zero attached hydrogens (tertiary/aromatic N) is 3. The van der Waals surface area contributed by atoms with Crippen LogP contribution in [0.25, 0.3) is 0 Å². The monoisotopic (exact) mass is 403 g/mol. The molecule has 1 aromatic heterocycles. The van der Waals surface area contributed by atoms with Crippen LogP contribution >= 0.6 is 0 Å². The van der Waals surface area contributed by atoms with Crippen LogP contribution in [0.4, 0.5) is 0 Å². The van der Waals surface area contributed by atoms with E-state index in [9.17, 15) is 0 Å². The number of pyridine rings is 1. The van der Waals surface area contributed by atoms with E-state index in [-0.39, 0.29) is 12.5 Å². The molecule has 6 heteroatoms. The predicted octanol–water partition coefficient (Wildman–Crippen LogP) is 2.00. The van der Waals surface area contributed by atoms with Crippen molar-refractivity contribution in [3.05, 3.63) is 59.4 Å². The number of rotatable bonds is 3. The fraction of sp³-hybridized carbons (Fsp3) is 0.458. The third kappa shape index (κ3) is 5.71. The van der Waals surface area contributed by atoms with Gasteiger partial charge in [-0.3, -0.25) is 9.88 Å². The van der Waals surface area contributed by atoms with E-state index >= 15 is 0 Å². The van der Waals surface area contributed by atoms with Crippen LogP contribution < -0.4 is 5.46 Å². The van der Waals surface area contributed by atoms with E-state index in [4.69, 9.17) is 9.31 Å². The van der Waals surface area contributed by atoms with E-state index in [0.29, 0.717) is 13.2 Å². The molecule has 2 aliphatic rings. The van der Waals surface area contributed by atoms with Gasteiger partial charge in [-0.05, 0) is 36.8 Å². The van der Waals surface area contributed by atoms with Crippen molar-refractivity contribution in [3.63, 3.8) is 0 Å². The van der Waals surface area contributed by atoms with Crippen LogP contribution in [0, 0.1) is 17.3 Å². The average molecular weight is 403 g/mol. The summed E-state index contributed by atoms with van der Waals surface area (Å²) in [6.45, 7) is 11.1. The number of hydrogen-bond donors (Lipinski definition) is 0. The van der Waals surface area contributed by atoms with Crippen molar-refractivity contribution in [1.82, 2.24) is 14.8 Å². The first-order valence-corrected chi connectivity index (χ1v) is 10.7. The second-order valence-electron chi connectivity index (χ2n) is 9.11. The lowest BCUT2D eigenvalue weighted by Crippen LogP contribution is -2.47. The van der Waals surface area contributed by atoms with Crippen molar-refractivity contribution in [2.45, 2.75) is 20.4 Å². The van der Waals surface area contributed by atoms with Gasteiger partial charge in [-0.25, -0.2) is 0 Å². The van der Waals surface area contributed by atoms with Gasteiger partial charge in [0, 0.05) is 68.7 Å². The van der Waals surface area contributed by atoms with Gasteiger partial charge in [0.1, 0.15) is 0 Å². The van der Waals surface area contributed by atoms with Crippen molar-refractivity contribution in [2.24, 2.45) is 5.41 Å². The minimum atomic E-state index is -0.280. The summed E-state index contributed by atoms with van der Waals surface area (Å²) in [6.07, 6.45) is 1.87. The van der Waals surface area contributed by atoms with Crippen LogP contribution in [-0.2, 0) is 15.9 Å². The lowest BCUT2D eigenvalue weighted by atomic mass is 9.76. The Bertz CT molecular complexity index is 885. The normalized spacial score (nSPS) is 19.9. The molecular formula is C24H30BN3O2. The molecular weight excluding hydrogens is 373 g/mol. The van der Waals surface area contributed by atoms with E-state index in [2.05, 4.69) is 59.7 Å². The molecule has 2 aromatic rings. The fourth-order valence-corrected chi connectivity index (χ4v) is 3.58. The largest absolute Gasteiger partial charge is 0.493 e. The van der Waals surface area contributed by atoms with Crippen LogP contribution in [0.15, 0.2) is 42.6 Å².